The molecule has 23 heavy (non-hydrogen) atoms. The third-order valence-electron chi connectivity index (χ3n) is 4.65. The van der Waals surface area contributed by atoms with Crippen LogP contribution in [-0.2, 0) is 4.79 Å². The van der Waals surface area contributed by atoms with Crippen molar-refractivity contribution >= 4 is 17.2 Å². The quantitative estimate of drug-likeness (QED) is 0.854. The van der Waals surface area contributed by atoms with Gasteiger partial charge in [0, 0.05) is 26.3 Å². The minimum absolute atomic E-state index is 0.0543. The summed E-state index contributed by atoms with van der Waals surface area (Å²) < 4.78 is 1.80. The molecular weight excluding hydrogens is 292 g/mol. The number of likely N-dealkylation sites (tertiary alicyclic amines) is 1. The minimum Gasteiger partial charge on any atom is -0.353 e. The standard InChI is InChI=1S/C16H20N6O/c1-12-6-9-21(15(23)5-7-17)10-14(12)20(2)16-13-4-3-8-22(13)19-11-18-16/h3-4,8,11-12,14H,5-6,9-10H2,1-2H3/t12-,14+/m1/s1. The molecule has 0 saturated carbocycles. The summed E-state index contributed by atoms with van der Waals surface area (Å²) in [6.45, 7) is 3.54. The van der Waals surface area contributed by atoms with E-state index in [2.05, 4.69) is 21.9 Å². The van der Waals surface area contributed by atoms with Crippen LogP contribution in [-0.4, -0.2) is 51.6 Å². The van der Waals surface area contributed by atoms with E-state index in [1.807, 2.05) is 31.4 Å². The van der Waals surface area contributed by atoms with E-state index in [-0.39, 0.29) is 18.4 Å². The molecule has 2 aromatic heterocycles. The van der Waals surface area contributed by atoms with E-state index in [0.29, 0.717) is 12.5 Å². The molecule has 3 heterocycles. The summed E-state index contributed by atoms with van der Waals surface area (Å²) >= 11 is 0. The van der Waals surface area contributed by atoms with Crippen molar-refractivity contribution in [1.82, 2.24) is 19.5 Å². The molecule has 0 bridgehead atoms. The Kier molecular flexibility index (Phi) is 4.15. The molecule has 7 nitrogen and oxygen atoms in total. The van der Waals surface area contributed by atoms with Gasteiger partial charge in [0.1, 0.15) is 18.3 Å². The highest BCUT2D eigenvalue weighted by Crippen LogP contribution is 2.27. The maximum Gasteiger partial charge on any atom is 0.236 e. The van der Waals surface area contributed by atoms with Crippen molar-refractivity contribution in [3.05, 3.63) is 24.7 Å². The van der Waals surface area contributed by atoms with Gasteiger partial charge < -0.3 is 9.80 Å². The second-order valence-electron chi connectivity index (χ2n) is 6.04. The van der Waals surface area contributed by atoms with E-state index in [9.17, 15) is 4.79 Å². The molecule has 1 amide bonds. The van der Waals surface area contributed by atoms with Crippen LogP contribution in [0.25, 0.3) is 5.52 Å². The SMILES string of the molecule is C[C@@H]1CCN(C(=O)CC#N)C[C@@H]1N(C)c1ncnn2cccc12. The lowest BCUT2D eigenvalue weighted by molar-refractivity contribution is -0.131. The number of carbonyl (C=O) groups is 1. The second kappa shape index (κ2) is 6.24. The van der Waals surface area contributed by atoms with Crippen molar-refractivity contribution < 1.29 is 4.79 Å². The fraction of sp³-hybridized carbons (Fsp3) is 0.500. The molecule has 1 saturated heterocycles. The largest absolute Gasteiger partial charge is 0.353 e. The summed E-state index contributed by atoms with van der Waals surface area (Å²) in [5.41, 5.74) is 0.947. The van der Waals surface area contributed by atoms with Gasteiger partial charge in [-0.05, 0) is 24.5 Å². The van der Waals surface area contributed by atoms with Gasteiger partial charge in [0.05, 0.1) is 12.1 Å². The van der Waals surface area contributed by atoms with Crippen LogP contribution < -0.4 is 4.90 Å². The number of rotatable bonds is 3. The van der Waals surface area contributed by atoms with Crippen LogP contribution >= 0.6 is 0 Å². The van der Waals surface area contributed by atoms with E-state index in [1.165, 1.54) is 0 Å². The molecule has 0 aromatic carbocycles. The van der Waals surface area contributed by atoms with Crippen molar-refractivity contribution in [2.45, 2.75) is 25.8 Å². The summed E-state index contributed by atoms with van der Waals surface area (Å²) in [5.74, 6) is 1.21. The zero-order chi connectivity index (χ0) is 16.4. The van der Waals surface area contributed by atoms with Crippen LogP contribution in [0.3, 0.4) is 0 Å². The van der Waals surface area contributed by atoms with E-state index >= 15 is 0 Å². The van der Waals surface area contributed by atoms with Gasteiger partial charge in [0.25, 0.3) is 0 Å². The summed E-state index contributed by atoms with van der Waals surface area (Å²) in [6.07, 6.45) is 4.31. The Balaban J connectivity index is 1.85. The van der Waals surface area contributed by atoms with Gasteiger partial charge >= 0.3 is 0 Å². The normalized spacial score (nSPS) is 21.2. The van der Waals surface area contributed by atoms with Gasteiger partial charge in [0.2, 0.25) is 5.91 Å². The predicted molar refractivity (Wildman–Crippen MR) is 85.8 cm³/mol. The minimum atomic E-state index is -0.0895. The molecular formula is C16H20N6O. The van der Waals surface area contributed by atoms with Crippen molar-refractivity contribution in [2.75, 3.05) is 25.0 Å². The smallest absolute Gasteiger partial charge is 0.236 e. The third kappa shape index (κ3) is 2.84. The number of anilines is 1. The monoisotopic (exact) mass is 312 g/mol. The van der Waals surface area contributed by atoms with Gasteiger partial charge in [-0.25, -0.2) is 9.50 Å². The van der Waals surface area contributed by atoms with Crippen LogP contribution in [0.1, 0.15) is 19.8 Å². The number of likely N-dealkylation sites (N-methyl/N-ethyl adjacent to an activating group) is 1. The summed E-state index contributed by atoms with van der Waals surface area (Å²) in [4.78, 5) is 20.4. The molecule has 1 fully saturated rings. The first-order chi connectivity index (χ1) is 11.1. The first kappa shape index (κ1) is 15.3. The van der Waals surface area contributed by atoms with Gasteiger partial charge in [-0.1, -0.05) is 6.92 Å². The fourth-order valence-corrected chi connectivity index (χ4v) is 3.24. The van der Waals surface area contributed by atoms with Crippen LogP contribution in [0.5, 0.6) is 0 Å². The number of hydrogen-bond acceptors (Lipinski definition) is 5. The average molecular weight is 312 g/mol. The number of nitriles is 1. The van der Waals surface area contributed by atoms with Crippen molar-refractivity contribution in [3.8, 4) is 6.07 Å². The fourth-order valence-electron chi connectivity index (χ4n) is 3.24. The molecule has 3 rings (SSSR count). The zero-order valence-corrected chi connectivity index (χ0v) is 13.4. The van der Waals surface area contributed by atoms with Crippen LogP contribution in [0.15, 0.2) is 24.7 Å². The Labute approximate surface area is 135 Å². The van der Waals surface area contributed by atoms with Crippen molar-refractivity contribution in [1.29, 1.82) is 5.26 Å². The molecule has 2 aromatic rings. The number of carbonyl (C=O) groups excluding carboxylic acids is 1. The molecule has 0 radical (unpaired) electrons. The number of hydrogen-bond donors (Lipinski definition) is 0. The predicted octanol–water partition coefficient (Wildman–Crippen LogP) is 1.32. The van der Waals surface area contributed by atoms with Crippen molar-refractivity contribution in [2.24, 2.45) is 5.92 Å². The molecule has 1 aliphatic rings. The highest BCUT2D eigenvalue weighted by molar-refractivity contribution is 5.78. The third-order valence-corrected chi connectivity index (χ3v) is 4.65. The number of amides is 1. The Morgan fingerprint density at radius 1 is 1.57 bits per heavy atom. The number of fused-ring (bicyclic) bond motifs is 1. The van der Waals surface area contributed by atoms with E-state index < -0.39 is 0 Å². The lowest BCUT2D eigenvalue weighted by Gasteiger charge is -2.42. The molecule has 120 valence electrons. The lowest BCUT2D eigenvalue weighted by Crippen LogP contribution is -2.52. The van der Waals surface area contributed by atoms with Gasteiger partial charge in [-0.3, -0.25) is 4.79 Å². The van der Waals surface area contributed by atoms with Gasteiger partial charge in [-0.15, -0.1) is 0 Å². The zero-order valence-electron chi connectivity index (χ0n) is 13.4. The molecule has 7 heteroatoms. The first-order valence-corrected chi connectivity index (χ1v) is 7.77. The lowest BCUT2D eigenvalue weighted by atomic mass is 9.92. The summed E-state index contributed by atoms with van der Waals surface area (Å²) in [6, 6.07) is 6.03. The maximum absolute atomic E-state index is 12.0. The molecule has 2 atom stereocenters. The van der Waals surface area contributed by atoms with Crippen molar-refractivity contribution in [3.63, 3.8) is 0 Å². The van der Waals surface area contributed by atoms with Gasteiger partial charge in [-0.2, -0.15) is 10.4 Å². The van der Waals surface area contributed by atoms with Gasteiger partial charge in [0.15, 0.2) is 5.82 Å². The van der Waals surface area contributed by atoms with Crippen LogP contribution in [0.4, 0.5) is 5.82 Å². The Morgan fingerprint density at radius 3 is 3.17 bits per heavy atom. The topological polar surface area (TPSA) is 77.5 Å². The number of nitrogens with zero attached hydrogens (tertiary/aromatic N) is 6. The molecule has 0 unspecified atom stereocenters. The highest BCUT2D eigenvalue weighted by atomic mass is 16.2. The van der Waals surface area contributed by atoms with E-state index in [4.69, 9.17) is 5.26 Å². The van der Waals surface area contributed by atoms with Crippen LogP contribution in [0, 0.1) is 17.2 Å². The molecule has 0 N–H and O–H groups in total. The average Bonchev–Trinajstić information content (AvgIpc) is 3.03. The maximum atomic E-state index is 12.0. The molecule has 1 aliphatic heterocycles. The molecule has 0 spiro atoms. The Bertz CT molecular complexity index is 748. The second-order valence-corrected chi connectivity index (χ2v) is 6.04. The number of aromatic nitrogens is 3. The van der Waals surface area contributed by atoms with Crippen LogP contribution in [0.2, 0.25) is 0 Å². The number of piperidine rings is 1. The highest BCUT2D eigenvalue weighted by Gasteiger charge is 2.32. The summed E-state index contributed by atoms with van der Waals surface area (Å²) in [7, 11) is 2.01. The molecule has 0 aliphatic carbocycles. The van der Waals surface area contributed by atoms with E-state index in [0.717, 1.165) is 24.3 Å². The first-order valence-electron chi connectivity index (χ1n) is 7.77. The summed E-state index contributed by atoms with van der Waals surface area (Å²) in [5, 5.41) is 12.9. The Morgan fingerprint density at radius 2 is 2.39 bits per heavy atom. The Hall–Kier alpha value is -2.62. The van der Waals surface area contributed by atoms with E-state index in [1.54, 1.807) is 15.7 Å².